The zero-order valence-electron chi connectivity index (χ0n) is 18.1. The predicted molar refractivity (Wildman–Crippen MR) is 122 cm³/mol. The molecule has 4 aromatic rings. The van der Waals surface area contributed by atoms with Crippen molar-refractivity contribution in [2.75, 3.05) is 6.61 Å². The highest BCUT2D eigenvalue weighted by Gasteiger charge is 2.12. The number of hydrogen-bond acceptors (Lipinski definition) is 8. The SMILES string of the molecule is CCOC(=O)c1ccc(Oc2coc3cc(OCc4ccc([N+](=O)[O-])cc4)ccc3c2=O)cc1. The number of benzene rings is 3. The van der Waals surface area contributed by atoms with Crippen LogP contribution in [0.15, 0.2) is 82.2 Å². The molecule has 0 amide bonds. The largest absolute Gasteiger partial charge is 0.489 e. The van der Waals surface area contributed by atoms with E-state index in [9.17, 15) is 19.7 Å². The molecule has 172 valence electrons. The Labute approximate surface area is 193 Å². The summed E-state index contributed by atoms with van der Waals surface area (Å²) >= 11 is 0. The van der Waals surface area contributed by atoms with E-state index in [0.717, 1.165) is 5.56 Å². The fourth-order valence-corrected chi connectivity index (χ4v) is 3.13. The van der Waals surface area contributed by atoms with Crippen LogP contribution in [0.4, 0.5) is 5.69 Å². The third-order valence-corrected chi connectivity index (χ3v) is 4.86. The fraction of sp³-hybridized carbons (Fsp3) is 0.120. The van der Waals surface area contributed by atoms with Crippen molar-refractivity contribution in [3.63, 3.8) is 0 Å². The number of non-ortho nitro benzene ring substituents is 1. The summed E-state index contributed by atoms with van der Waals surface area (Å²) in [5.41, 5.74) is 1.09. The fourth-order valence-electron chi connectivity index (χ4n) is 3.13. The van der Waals surface area contributed by atoms with E-state index < -0.39 is 10.9 Å². The van der Waals surface area contributed by atoms with Gasteiger partial charge in [-0.2, -0.15) is 0 Å². The second kappa shape index (κ2) is 9.86. The summed E-state index contributed by atoms with van der Waals surface area (Å²) in [4.78, 5) is 34.8. The first-order valence-electron chi connectivity index (χ1n) is 10.3. The second-order valence-electron chi connectivity index (χ2n) is 7.15. The number of carbonyl (C=O) groups is 1. The summed E-state index contributed by atoms with van der Waals surface area (Å²) in [6.45, 7) is 2.19. The van der Waals surface area contributed by atoms with E-state index in [-0.39, 0.29) is 30.1 Å². The topological polar surface area (TPSA) is 118 Å². The molecule has 0 unspecified atom stereocenters. The van der Waals surface area contributed by atoms with Crippen molar-refractivity contribution in [2.45, 2.75) is 13.5 Å². The van der Waals surface area contributed by atoms with Crippen LogP contribution in [0.3, 0.4) is 0 Å². The van der Waals surface area contributed by atoms with Gasteiger partial charge in [-0.25, -0.2) is 4.79 Å². The molecular weight excluding hydrogens is 442 g/mol. The molecule has 0 N–H and O–H groups in total. The average Bonchev–Trinajstić information content (AvgIpc) is 2.85. The maximum atomic E-state index is 12.8. The molecule has 9 heteroatoms. The standard InChI is InChI=1S/C25H19NO8/c1-2-31-25(28)17-5-9-19(10-6-17)34-23-15-33-22-13-20(11-12-21(22)24(23)27)32-14-16-3-7-18(8-4-16)26(29)30/h3-13,15H,2,14H2,1H3. The van der Waals surface area contributed by atoms with E-state index >= 15 is 0 Å². The number of esters is 1. The number of nitro benzene ring substituents is 1. The van der Waals surface area contributed by atoms with Crippen molar-refractivity contribution in [1.29, 1.82) is 0 Å². The van der Waals surface area contributed by atoms with Crippen LogP contribution in [0.25, 0.3) is 11.0 Å². The highest BCUT2D eigenvalue weighted by atomic mass is 16.6. The molecule has 0 saturated carbocycles. The van der Waals surface area contributed by atoms with Gasteiger partial charge in [-0.1, -0.05) is 0 Å². The molecule has 0 saturated heterocycles. The van der Waals surface area contributed by atoms with E-state index in [4.69, 9.17) is 18.6 Å². The molecule has 0 spiro atoms. The van der Waals surface area contributed by atoms with Crippen molar-refractivity contribution >= 4 is 22.6 Å². The van der Waals surface area contributed by atoms with Gasteiger partial charge in [0.1, 0.15) is 30.0 Å². The maximum absolute atomic E-state index is 12.8. The van der Waals surface area contributed by atoms with E-state index in [1.54, 1.807) is 61.5 Å². The Morgan fingerprint density at radius 3 is 2.38 bits per heavy atom. The summed E-state index contributed by atoms with van der Waals surface area (Å²) in [6, 6.07) is 17.0. The third-order valence-electron chi connectivity index (χ3n) is 4.86. The lowest BCUT2D eigenvalue weighted by Gasteiger charge is -2.09. The van der Waals surface area contributed by atoms with Gasteiger partial charge in [0.2, 0.25) is 11.2 Å². The monoisotopic (exact) mass is 461 g/mol. The molecule has 1 heterocycles. The molecule has 0 radical (unpaired) electrons. The van der Waals surface area contributed by atoms with Gasteiger partial charge < -0.3 is 18.6 Å². The smallest absolute Gasteiger partial charge is 0.338 e. The van der Waals surface area contributed by atoms with Gasteiger partial charge in [-0.05, 0) is 61.0 Å². The summed E-state index contributed by atoms with van der Waals surface area (Å²) < 4.78 is 21.9. The summed E-state index contributed by atoms with van der Waals surface area (Å²) in [5, 5.41) is 11.1. The Kier molecular flexibility index (Phi) is 6.54. The Hall–Kier alpha value is -4.66. The maximum Gasteiger partial charge on any atom is 0.338 e. The number of nitrogens with zero attached hydrogens (tertiary/aromatic N) is 1. The van der Waals surface area contributed by atoms with Crippen LogP contribution in [0.1, 0.15) is 22.8 Å². The number of fused-ring (bicyclic) bond motifs is 1. The number of ether oxygens (including phenoxy) is 3. The quantitative estimate of drug-likeness (QED) is 0.198. The van der Waals surface area contributed by atoms with Crippen molar-refractivity contribution in [1.82, 2.24) is 0 Å². The predicted octanol–water partition coefficient (Wildman–Crippen LogP) is 5.25. The molecule has 0 atom stereocenters. The Morgan fingerprint density at radius 1 is 1.00 bits per heavy atom. The van der Waals surface area contributed by atoms with E-state index in [1.807, 2.05) is 0 Å². The van der Waals surface area contributed by atoms with Gasteiger partial charge >= 0.3 is 5.97 Å². The van der Waals surface area contributed by atoms with Crippen LogP contribution >= 0.6 is 0 Å². The van der Waals surface area contributed by atoms with Gasteiger partial charge in [0.15, 0.2) is 0 Å². The van der Waals surface area contributed by atoms with Crippen LogP contribution in [-0.4, -0.2) is 17.5 Å². The van der Waals surface area contributed by atoms with Crippen LogP contribution < -0.4 is 14.9 Å². The molecule has 0 aliphatic carbocycles. The van der Waals surface area contributed by atoms with Crippen LogP contribution in [0, 0.1) is 10.1 Å². The molecule has 1 aromatic heterocycles. The lowest BCUT2D eigenvalue weighted by molar-refractivity contribution is -0.384. The van der Waals surface area contributed by atoms with Gasteiger partial charge in [0.05, 0.1) is 22.5 Å². The average molecular weight is 461 g/mol. The van der Waals surface area contributed by atoms with Gasteiger partial charge in [-0.3, -0.25) is 14.9 Å². The van der Waals surface area contributed by atoms with Gasteiger partial charge in [0.25, 0.3) is 5.69 Å². The Morgan fingerprint density at radius 2 is 1.71 bits per heavy atom. The molecule has 9 nitrogen and oxygen atoms in total. The molecular formula is C25H19NO8. The first-order valence-corrected chi connectivity index (χ1v) is 10.3. The minimum absolute atomic E-state index is 0.00377. The second-order valence-corrected chi connectivity index (χ2v) is 7.15. The number of rotatable bonds is 8. The highest BCUT2D eigenvalue weighted by molar-refractivity contribution is 5.89. The summed E-state index contributed by atoms with van der Waals surface area (Å²) in [5.74, 6) is 0.391. The van der Waals surface area contributed by atoms with Crippen molar-refractivity contribution in [3.05, 3.63) is 104 Å². The van der Waals surface area contributed by atoms with Crippen LogP contribution in [0.5, 0.6) is 17.2 Å². The van der Waals surface area contributed by atoms with Crippen molar-refractivity contribution in [3.8, 4) is 17.2 Å². The molecule has 3 aromatic carbocycles. The molecule has 0 aliphatic heterocycles. The van der Waals surface area contributed by atoms with Crippen molar-refractivity contribution in [2.24, 2.45) is 0 Å². The Balaban J connectivity index is 1.46. The molecule has 0 aliphatic rings. The number of carbonyl (C=O) groups excluding carboxylic acids is 1. The lowest BCUT2D eigenvalue weighted by atomic mass is 10.2. The van der Waals surface area contributed by atoms with Crippen LogP contribution in [-0.2, 0) is 11.3 Å². The molecule has 0 bridgehead atoms. The van der Waals surface area contributed by atoms with E-state index in [2.05, 4.69) is 0 Å². The van der Waals surface area contributed by atoms with E-state index in [0.29, 0.717) is 28.0 Å². The minimum atomic E-state index is -0.466. The van der Waals surface area contributed by atoms with Gasteiger partial charge in [-0.15, -0.1) is 0 Å². The third kappa shape index (κ3) is 5.04. The zero-order valence-corrected chi connectivity index (χ0v) is 18.1. The summed E-state index contributed by atoms with van der Waals surface area (Å²) in [7, 11) is 0. The van der Waals surface area contributed by atoms with Crippen molar-refractivity contribution < 1.29 is 28.3 Å². The number of nitro groups is 1. The lowest BCUT2D eigenvalue weighted by Crippen LogP contribution is -2.06. The molecule has 34 heavy (non-hydrogen) atoms. The molecule has 4 rings (SSSR count). The van der Waals surface area contributed by atoms with E-state index in [1.165, 1.54) is 18.4 Å². The van der Waals surface area contributed by atoms with Gasteiger partial charge in [0, 0.05) is 18.2 Å². The van der Waals surface area contributed by atoms with Crippen LogP contribution in [0.2, 0.25) is 0 Å². The minimum Gasteiger partial charge on any atom is -0.489 e. The first-order chi connectivity index (χ1) is 16.4. The zero-order chi connectivity index (χ0) is 24.1. The molecule has 0 fully saturated rings. The highest BCUT2D eigenvalue weighted by Crippen LogP contribution is 2.25. The number of hydrogen-bond donors (Lipinski definition) is 0. The normalized spacial score (nSPS) is 10.6. The Bertz CT molecular complexity index is 1390. The first kappa shape index (κ1) is 22.5. The summed E-state index contributed by atoms with van der Waals surface area (Å²) in [6.07, 6.45) is 1.21.